The molecule has 4 aliphatic rings. The fraction of sp³-hybridized carbons (Fsp3) is 0.333. The zero-order valence-electron chi connectivity index (χ0n) is 24.2. The molecule has 1 saturated heterocycles. The Balaban J connectivity index is 1.11. The van der Waals surface area contributed by atoms with Crippen molar-refractivity contribution in [1.82, 2.24) is 14.8 Å². The minimum Gasteiger partial charge on any atom is -0.454 e. The van der Waals surface area contributed by atoms with E-state index in [9.17, 15) is 9.59 Å². The summed E-state index contributed by atoms with van der Waals surface area (Å²) in [5, 5.41) is 5.13. The van der Waals surface area contributed by atoms with Crippen LogP contribution in [0.1, 0.15) is 57.5 Å². The van der Waals surface area contributed by atoms with Gasteiger partial charge < -0.3 is 24.9 Å². The minimum atomic E-state index is 0.00453. The quantitative estimate of drug-likeness (QED) is 0.261. The van der Waals surface area contributed by atoms with Gasteiger partial charge in [-0.25, -0.2) is 0 Å². The normalized spacial score (nSPS) is 22.6. The highest BCUT2D eigenvalue weighted by Crippen LogP contribution is 2.42. The van der Waals surface area contributed by atoms with Gasteiger partial charge in [-0.05, 0) is 97.5 Å². The molecule has 2 aliphatic heterocycles. The van der Waals surface area contributed by atoms with E-state index >= 15 is 0 Å². The van der Waals surface area contributed by atoms with Crippen LogP contribution in [0, 0.1) is 18.8 Å². The van der Waals surface area contributed by atoms with Gasteiger partial charge in [0.1, 0.15) is 5.58 Å². The smallest absolute Gasteiger partial charge is 0.254 e. The molecule has 9 rings (SSSR count). The first-order valence-electron chi connectivity index (χ1n) is 15.6. The summed E-state index contributed by atoms with van der Waals surface area (Å²) in [5.41, 5.74) is 15.2. The topological polar surface area (TPSA) is 93.5 Å². The van der Waals surface area contributed by atoms with E-state index in [2.05, 4.69) is 47.1 Å². The van der Waals surface area contributed by atoms with Crippen LogP contribution >= 0.6 is 0 Å². The first-order chi connectivity index (χ1) is 20.9. The van der Waals surface area contributed by atoms with Crippen LogP contribution in [0.3, 0.4) is 0 Å². The molecule has 3 fully saturated rings. The van der Waals surface area contributed by atoms with Crippen LogP contribution in [0.25, 0.3) is 44.5 Å². The summed E-state index contributed by atoms with van der Waals surface area (Å²) >= 11 is 0. The van der Waals surface area contributed by atoms with Gasteiger partial charge in [0.15, 0.2) is 5.76 Å². The zero-order chi connectivity index (χ0) is 29.0. The highest BCUT2D eigenvalue weighted by Gasteiger charge is 2.46. The van der Waals surface area contributed by atoms with E-state index < -0.39 is 0 Å². The van der Waals surface area contributed by atoms with Crippen molar-refractivity contribution >= 4 is 33.7 Å². The molecule has 0 spiro atoms. The van der Waals surface area contributed by atoms with Gasteiger partial charge in [0, 0.05) is 64.7 Å². The lowest BCUT2D eigenvalue weighted by Gasteiger charge is -2.27. The SMILES string of the molecule is Cc1c(-c2cc3ccc(-c4ccc5c(c4)CNC5=O)cc3n2CC2CC2)oc2cc(C(=O)N3CC4CCC3[C@@H]4N)ccc12. The number of nitrogens with two attached hydrogens (primary N) is 1. The van der Waals surface area contributed by atoms with Gasteiger partial charge in [-0.3, -0.25) is 9.59 Å². The van der Waals surface area contributed by atoms with Crippen LogP contribution in [0.15, 0.2) is 65.1 Å². The average molecular weight is 571 g/mol. The molecular weight excluding hydrogens is 536 g/mol. The number of hydrogen-bond acceptors (Lipinski definition) is 4. The molecule has 3 atom stereocenters. The third kappa shape index (κ3) is 3.84. The maximum absolute atomic E-state index is 13.5. The summed E-state index contributed by atoms with van der Waals surface area (Å²) in [6, 6.07) is 21.1. The molecule has 3 N–H and O–H groups in total. The Morgan fingerprint density at radius 3 is 2.63 bits per heavy atom. The van der Waals surface area contributed by atoms with Crippen molar-refractivity contribution in [2.45, 2.75) is 57.8 Å². The van der Waals surface area contributed by atoms with Crippen LogP contribution in [0.2, 0.25) is 0 Å². The Morgan fingerprint density at radius 2 is 1.84 bits per heavy atom. The molecule has 0 radical (unpaired) electrons. The van der Waals surface area contributed by atoms with E-state index in [0.29, 0.717) is 23.9 Å². The molecule has 216 valence electrons. The third-order valence-corrected chi connectivity index (χ3v) is 10.5. The number of nitrogens with one attached hydrogen (secondary N) is 1. The summed E-state index contributed by atoms with van der Waals surface area (Å²) in [4.78, 5) is 27.6. The van der Waals surface area contributed by atoms with Gasteiger partial charge in [0.05, 0.1) is 5.69 Å². The summed E-state index contributed by atoms with van der Waals surface area (Å²) in [5.74, 6) is 2.02. The molecule has 7 nitrogen and oxygen atoms in total. The van der Waals surface area contributed by atoms with Crippen LogP contribution in [0.5, 0.6) is 0 Å². The third-order valence-electron chi connectivity index (χ3n) is 10.5. The number of rotatable bonds is 5. The molecular formula is C36H34N4O3. The summed E-state index contributed by atoms with van der Waals surface area (Å²) < 4.78 is 9.04. The van der Waals surface area contributed by atoms with Gasteiger partial charge in [-0.15, -0.1) is 0 Å². The zero-order valence-corrected chi connectivity index (χ0v) is 24.2. The first-order valence-corrected chi connectivity index (χ1v) is 15.6. The molecule has 2 aliphatic carbocycles. The summed E-state index contributed by atoms with van der Waals surface area (Å²) in [6.45, 7) is 4.40. The number of amides is 2. The number of piperidine rings is 1. The number of hydrogen-bond donors (Lipinski definition) is 2. The molecule has 5 aromatic rings. The second kappa shape index (κ2) is 9.07. The number of fused-ring (bicyclic) bond motifs is 5. The molecule has 2 aromatic heterocycles. The molecule has 43 heavy (non-hydrogen) atoms. The monoisotopic (exact) mass is 570 g/mol. The number of aromatic nitrogens is 1. The van der Waals surface area contributed by atoms with E-state index in [1.54, 1.807) is 0 Å². The van der Waals surface area contributed by atoms with Crippen LogP contribution in [-0.2, 0) is 13.1 Å². The van der Waals surface area contributed by atoms with Gasteiger partial charge in [-0.1, -0.05) is 24.3 Å². The molecule has 2 bridgehead atoms. The van der Waals surface area contributed by atoms with Crippen LogP contribution < -0.4 is 11.1 Å². The van der Waals surface area contributed by atoms with E-state index in [-0.39, 0.29) is 23.9 Å². The number of benzene rings is 3. The minimum absolute atomic E-state index is 0.00453. The second-order valence-corrected chi connectivity index (χ2v) is 13.1. The molecule has 2 amide bonds. The van der Waals surface area contributed by atoms with Crippen molar-refractivity contribution < 1.29 is 14.0 Å². The van der Waals surface area contributed by atoms with Gasteiger partial charge in [-0.2, -0.15) is 0 Å². The maximum Gasteiger partial charge on any atom is 0.254 e. The Kier molecular flexibility index (Phi) is 5.31. The number of aryl methyl sites for hydroxylation is 1. The lowest BCUT2D eigenvalue weighted by molar-refractivity contribution is 0.0700. The predicted molar refractivity (Wildman–Crippen MR) is 167 cm³/mol. The largest absolute Gasteiger partial charge is 0.454 e. The fourth-order valence-corrected chi connectivity index (χ4v) is 7.84. The highest BCUT2D eigenvalue weighted by molar-refractivity contribution is 6.01. The first kappa shape index (κ1) is 25.2. The number of carbonyl (C=O) groups is 2. The molecule has 3 aromatic carbocycles. The van der Waals surface area contributed by atoms with Gasteiger partial charge in [0.25, 0.3) is 11.8 Å². The van der Waals surface area contributed by atoms with Crippen molar-refractivity contribution in [3.8, 4) is 22.6 Å². The predicted octanol–water partition coefficient (Wildman–Crippen LogP) is 6.25. The summed E-state index contributed by atoms with van der Waals surface area (Å²) in [7, 11) is 0. The van der Waals surface area contributed by atoms with Crippen molar-refractivity contribution in [3.63, 3.8) is 0 Å². The maximum atomic E-state index is 13.5. The molecule has 7 heteroatoms. The van der Waals surface area contributed by atoms with Crippen molar-refractivity contribution in [3.05, 3.63) is 82.9 Å². The van der Waals surface area contributed by atoms with Gasteiger partial charge in [0.2, 0.25) is 0 Å². The van der Waals surface area contributed by atoms with Crippen molar-refractivity contribution in [2.24, 2.45) is 17.6 Å². The van der Waals surface area contributed by atoms with E-state index in [1.165, 1.54) is 23.7 Å². The number of carbonyl (C=O) groups excluding carboxylic acids is 2. The lowest BCUT2D eigenvalue weighted by Crippen LogP contribution is -2.41. The standard InChI is InChI=1S/C36H34N4O3/c1-19-27-9-7-24(36(42)40-18-25-8-11-29(40)33(25)37)15-32(27)43-34(19)31-14-23-5-4-22(13-30(23)39(31)17-20-2-3-20)21-6-10-28-26(12-21)16-38-35(28)41/h4-7,9-10,12-15,20,25,29,33H,2-3,8,11,16-18,37H2,1H3,(H,38,41)/t25?,29?,33-/m1/s1. The Labute approximate surface area is 249 Å². The van der Waals surface area contributed by atoms with E-state index in [1.807, 2.05) is 35.2 Å². The Hall–Kier alpha value is -4.36. The average Bonchev–Trinajstić information content (AvgIpc) is 3.23. The van der Waals surface area contributed by atoms with Crippen LogP contribution in [-0.4, -0.2) is 39.9 Å². The van der Waals surface area contributed by atoms with Gasteiger partial charge >= 0.3 is 0 Å². The highest BCUT2D eigenvalue weighted by atomic mass is 16.3. The molecule has 2 saturated carbocycles. The van der Waals surface area contributed by atoms with Crippen molar-refractivity contribution in [1.29, 1.82) is 0 Å². The lowest BCUT2D eigenvalue weighted by atomic mass is 9.99. The van der Waals surface area contributed by atoms with Crippen LogP contribution in [0.4, 0.5) is 0 Å². The number of furan rings is 1. The van der Waals surface area contributed by atoms with E-state index in [0.717, 1.165) is 76.2 Å². The number of likely N-dealkylation sites (tertiary alicyclic amines) is 1. The molecule has 4 heterocycles. The molecule has 2 unspecified atom stereocenters. The fourth-order valence-electron chi connectivity index (χ4n) is 7.84. The Morgan fingerprint density at radius 1 is 1.00 bits per heavy atom. The van der Waals surface area contributed by atoms with Crippen molar-refractivity contribution in [2.75, 3.05) is 6.54 Å². The van der Waals surface area contributed by atoms with E-state index in [4.69, 9.17) is 10.2 Å². The number of nitrogens with zero attached hydrogens (tertiary/aromatic N) is 2. The summed E-state index contributed by atoms with van der Waals surface area (Å²) in [6.07, 6.45) is 4.62. The second-order valence-electron chi connectivity index (χ2n) is 13.1. The Bertz CT molecular complexity index is 2000.